The Kier molecular flexibility index (Phi) is 4.69. The maximum Gasteiger partial charge on any atom is 0.151 e. The van der Waals surface area contributed by atoms with Crippen LogP contribution in [0.15, 0.2) is 12.1 Å². The molecular formula is C12H18F2N2O. The van der Waals surface area contributed by atoms with Crippen molar-refractivity contribution in [2.45, 2.75) is 26.3 Å². The average Bonchev–Trinajstić information content (AvgIpc) is 2.24. The van der Waals surface area contributed by atoms with Crippen LogP contribution in [0.25, 0.3) is 0 Å². The van der Waals surface area contributed by atoms with Crippen LogP contribution in [0.4, 0.5) is 20.2 Å². The van der Waals surface area contributed by atoms with E-state index in [-0.39, 0.29) is 29.9 Å². The van der Waals surface area contributed by atoms with E-state index in [2.05, 4.69) is 5.32 Å². The highest BCUT2D eigenvalue weighted by Gasteiger charge is 2.16. The second-order valence-electron chi connectivity index (χ2n) is 4.36. The van der Waals surface area contributed by atoms with Crippen molar-refractivity contribution >= 4 is 11.4 Å². The average molecular weight is 244 g/mol. The van der Waals surface area contributed by atoms with Gasteiger partial charge in [-0.15, -0.1) is 0 Å². The van der Waals surface area contributed by atoms with Gasteiger partial charge in [-0.25, -0.2) is 8.78 Å². The highest BCUT2D eigenvalue weighted by atomic mass is 19.1. The first-order valence-corrected chi connectivity index (χ1v) is 5.57. The first-order chi connectivity index (χ1) is 7.95. The van der Waals surface area contributed by atoms with E-state index >= 15 is 0 Å². The van der Waals surface area contributed by atoms with E-state index in [1.54, 1.807) is 0 Å². The van der Waals surface area contributed by atoms with Gasteiger partial charge in [-0.2, -0.15) is 0 Å². The second kappa shape index (κ2) is 5.82. The number of hydrogen-bond donors (Lipinski definition) is 3. The fourth-order valence-electron chi connectivity index (χ4n) is 1.62. The number of aliphatic hydroxyl groups is 1. The van der Waals surface area contributed by atoms with Crippen LogP contribution in [-0.2, 0) is 0 Å². The van der Waals surface area contributed by atoms with Crippen LogP contribution >= 0.6 is 0 Å². The van der Waals surface area contributed by atoms with Crippen molar-refractivity contribution in [3.63, 3.8) is 0 Å². The summed E-state index contributed by atoms with van der Waals surface area (Å²) >= 11 is 0. The van der Waals surface area contributed by atoms with E-state index in [9.17, 15) is 8.78 Å². The molecule has 1 rings (SSSR count). The molecule has 0 fully saturated rings. The summed E-state index contributed by atoms with van der Waals surface area (Å²) in [5.74, 6) is -1.24. The van der Waals surface area contributed by atoms with Crippen molar-refractivity contribution in [2.24, 2.45) is 5.92 Å². The van der Waals surface area contributed by atoms with Gasteiger partial charge in [0.1, 0.15) is 5.82 Å². The molecule has 0 bridgehead atoms. The number of rotatable bonds is 5. The summed E-state index contributed by atoms with van der Waals surface area (Å²) in [6, 6.07) is 1.82. The lowest BCUT2D eigenvalue weighted by atomic mass is 10.0. The lowest BCUT2D eigenvalue weighted by Crippen LogP contribution is -2.27. The SMILES string of the molecule is CC(C)C(CCO)Nc1cc(F)cc(F)c1N. The number of anilines is 2. The molecule has 0 aliphatic rings. The summed E-state index contributed by atoms with van der Waals surface area (Å²) in [6.07, 6.45) is 0.495. The molecule has 1 unspecified atom stereocenters. The minimum Gasteiger partial charge on any atom is -0.396 e. The Bertz CT molecular complexity index is 383. The highest BCUT2D eigenvalue weighted by molar-refractivity contribution is 5.67. The summed E-state index contributed by atoms with van der Waals surface area (Å²) < 4.78 is 26.3. The molecule has 0 aliphatic carbocycles. The quantitative estimate of drug-likeness (QED) is 0.697. The van der Waals surface area contributed by atoms with E-state index in [4.69, 9.17) is 10.8 Å². The third kappa shape index (κ3) is 3.56. The van der Waals surface area contributed by atoms with Crippen molar-refractivity contribution in [2.75, 3.05) is 17.7 Å². The second-order valence-corrected chi connectivity index (χ2v) is 4.36. The Morgan fingerprint density at radius 1 is 1.35 bits per heavy atom. The molecule has 0 saturated heterocycles. The largest absolute Gasteiger partial charge is 0.396 e. The lowest BCUT2D eigenvalue weighted by molar-refractivity contribution is 0.267. The lowest BCUT2D eigenvalue weighted by Gasteiger charge is -2.23. The topological polar surface area (TPSA) is 58.3 Å². The molecule has 0 amide bonds. The molecule has 1 atom stereocenters. The maximum atomic E-state index is 13.2. The molecule has 4 N–H and O–H groups in total. The van der Waals surface area contributed by atoms with Gasteiger partial charge in [0, 0.05) is 18.7 Å². The Labute approximate surface area is 99.6 Å². The Balaban J connectivity index is 2.92. The molecule has 0 aliphatic heterocycles. The van der Waals surface area contributed by atoms with Crippen molar-refractivity contribution in [1.29, 1.82) is 0 Å². The number of aliphatic hydroxyl groups excluding tert-OH is 1. The van der Waals surface area contributed by atoms with Gasteiger partial charge < -0.3 is 16.2 Å². The molecule has 1 aromatic rings. The van der Waals surface area contributed by atoms with Gasteiger partial charge in [-0.05, 0) is 18.4 Å². The van der Waals surface area contributed by atoms with E-state index in [1.807, 2.05) is 13.8 Å². The smallest absolute Gasteiger partial charge is 0.151 e. The van der Waals surface area contributed by atoms with Gasteiger partial charge in [0.2, 0.25) is 0 Å². The van der Waals surface area contributed by atoms with Crippen molar-refractivity contribution in [3.05, 3.63) is 23.8 Å². The summed E-state index contributed by atoms with van der Waals surface area (Å²) in [5, 5.41) is 11.9. The van der Waals surface area contributed by atoms with Gasteiger partial charge in [-0.1, -0.05) is 13.8 Å². The van der Waals surface area contributed by atoms with Crippen LogP contribution in [0.5, 0.6) is 0 Å². The van der Waals surface area contributed by atoms with Crippen LogP contribution in [0.1, 0.15) is 20.3 Å². The van der Waals surface area contributed by atoms with Crippen LogP contribution < -0.4 is 11.1 Å². The minimum atomic E-state index is -0.779. The van der Waals surface area contributed by atoms with Crippen LogP contribution in [0.3, 0.4) is 0 Å². The monoisotopic (exact) mass is 244 g/mol. The van der Waals surface area contributed by atoms with Crippen molar-refractivity contribution in [1.82, 2.24) is 0 Å². The molecule has 0 saturated carbocycles. The number of halogens is 2. The predicted octanol–water partition coefficient (Wildman–Crippen LogP) is 2.37. The zero-order valence-electron chi connectivity index (χ0n) is 10.0. The fraction of sp³-hybridized carbons (Fsp3) is 0.500. The van der Waals surface area contributed by atoms with Crippen molar-refractivity contribution in [3.8, 4) is 0 Å². The van der Waals surface area contributed by atoms with Crippen LogP contribution in [0.2, 0.25) is 0 Å². The summed E-state index contributed by atoms with van der Waals surface area (Å²) in [4.78, 5) is 0. The first kappa shape index (κ1) is 13.7. The Hall–Kier alpha value is -1.36. The van der Waals surface area contributed by atoms with E-state index < -0.39 is 11.6 Å². The van der Waals surface area contributed by atoms with E-state index in [0.29, 0.717) is 6.42 Å². The van der Waals surface area contributed by atoms with Crippen LogP contribution in [-0.4, -0.2) is 17.8 Å². The van der Waals surface area contributed by atoms with E-state index in [1.165, 1.54) is 0 Å². The molecule has 17 heavy (non-hydrogen) atoms. The molecule has 0 heterocycles. The summed E-state index contributed by atoms with van der Waals surface area (Å²) in [6.45, 7) is 3.92. The van der Waals surface area contributed by atoms with Crippen molar-refractivity contribution < 1.29 is 13.9 Å². The van der Waals surface area contributed by atoms with Gasteiger partial charge in [-0.3, -0.25) is 0 Å². The first-order valence-electron chi connectivity index (χ1n) is 5.57. The number of benzene rings is 1. The maximum absolute atomic E-state index is 13.2. The molecule has 0 radical (unpaired) electrons. The normalized spacial score (nSPS) is 12.8. The van der Waals surface area contributed by atoms with Gasteiger partial charge in [0.15, 0.2) is 5.82 Å². The number of hydrogen-bond acceptors (Lipinski definition) is 3. The Morgan fingerprint density at radius 2 is 2.00 bits per heavy atom. The number of nitrogens with one attached hydrogen (secondary N) is 1. The van der Waals surface area contributed by atoms with Gasteiger partial charge in [0.05, 0.1) is 11.4 Å². The number of nitrogens with two attached hydrogens (primary N) is 1. The summed E-state index contributed by atoms with van der Waals surface area (Å²) in [5.41, 5.74) is 5.66. The Morgan fingerprint density at radius 3 is 2.53 bits per heavy atom. The molecule has 3 nitrogen and oxygen atoms in total. The molecule has 0 spiro atoms. The molecule has 0 aromatic heterocycles. The standard InChI is InChI=1S/C12H18F2N2O/c1-7(2)10(3-4-17)16-11-6-8(13)5-9(14)12(11)15/h5-7,10,16-17H,3-4,15H2,1-2H3. The predicted molar refractivity (Wildman–Crippen MR) is 64.7 cm³/mol. The molecule has 1 aromatic carbocycles. The molecule has 96 valence electrons. The summed E-state index contributed by atoms with van der Waals surface area (Å²) in [7, 11) is 0. The molecule has 5 heteroatoms. The third-order valence-corrected chi connectivity index (χ3v) is 2.68. The van der Waals surface area contributed by atoms with Crippen LogP contribution in [0, 0.1) is 17.6 Å². The van der Waals surface area contributed by atoms with Gasteiger partial charge in [0.25, 0.3) is 0 Å². The fourth-order valence-corrected chi connectivity index (χ4v) is 1.62. The minimum absolute atomic E-state index is 0.00749. The van der Waals surface area contributed by atoms with E-state index in [0.717, 1.165) is 12.1 Å². The molecular weight excluding hydrogens is 226 g/mol. The zero-order chi connectivity index (χ0) is 13.0. The highest BCUT2D eigenvalue weighted by Crippen LogP contribution is 2.25. The zero-order valence-corrected chi connectivity index (χ0v) is 10.0. The third-order valence-electron chi connectivity index (χ3n) is 2.68. The van der Waals surface area contributed by atoms with Gasteiger partial charge >= 0.3 is 0 Å². The number of nitrogen functional groups attached to an aromatic ring is 1.